The normalized spacial score (nSPS) is 15.0. The summed E-state index contributed by atoms with van der Waals surface area (Å²) in [4.78, 5) is 21.0. The summed E-state index contributed by atoms with van der Waals surface area (Å²) >= 11 is 6.15. The molecule has 0 unspecified atom stereocenters. The molecule has 0 saturated carbocycles. The highest BCUT2D eigenvalue weighted by Crippen LogP contribution is 2.40. The Labute approximate surface area is 143 Å². The number of nitrogens with one attached hydrogen (secondary N) is 1. The standard InChI is InChI=1S/C19H12ClN3O/c20-13-6-7-15-14(10-13)18(19(24)23-15)17(12-4-2-1-3-5-12)16-8-9-21-11-22-16/h1-11H,(H,23,24)/b18-17+. The Morgan fingerprint density at radius 1 is 1.04 bits per heavy atom. The number of aromatic nitrogens is 2. The monoisotopic (exact) mass is 333 g/mol. The summed E-state index contributed by atoms with van der Waals surface area (Å²) in [5, 5.41) is 3.48. The molecular weight excluding hydrogens is 322 g/mol. The Bertz CT molecular complexity index is 911. The van der Waals surface area contributed by atoms with E-state index in [-0.39, 0.29) is 5.91 Å². The highest BCUT2D eigenvalue weighted by molar-refractivity contribution is 6.39. The van der Waals surface area contributed by atoms with Crippen molar-refractivity contribution in [3.05, 3.63) is 89.0 Å². The average molecular weight is 334 g/mol. The van der Waals surface area contributed by atoms with Crippen LogP contribution in [-0.4, -0.2) is 15.9 Å². The fraction of sp³-hybridized carbons (Fsp3) is 0. The SMILES string of the molecule is O=C1Nc2ccc(Cl)cc2/C1=C(/c1ccccc1)c1ccncn1. The van der Waals surface area contributed by atoms with Gasteiger partial charge in [-0.15, -0.1) is 0 Å². The molecule has 0 bridgehead atoms. The second-order valence-corrected chi connectivity index (χ2v) is 5.79. The third kappa shape index (κ3) is 2.47. The lowest BCUT2D eigenvalue weighted by Crippen LogP contribution is -2.07. The van der Waals surface area contributed by atoms with Crippen molar-refractivity contribution in [1.29, 1.82) is 0 Å². The molecule has 1 amide bonds. The summed E-state index contributed by atoms with van der Waals surface area (Å²) in [6.07, 6.45) is 3.14. The van der Waals surface area contributed by atoms with Crippen LogP contribution in [0.2, 0.25) is 5.02 Å². The van der Waals surface area contributed by atoms with E-state index < -0.39 is 0 Å². The van der Waals surface area contributed by atoms with Gasteiger partial charge in [0.1, 0.15) is 6.33 Å². The smallest absolute Gasteiger partial charge is 0.257 e. The molecule has 3 aromatic rings. The fourth-order valence-corrected chi connectivity index (χ4v) is 3.02. The maximum absolute atomic E-state index is 12.7. The van der Waals surface area contributed by atoms with E-state index in [2.05, 4.69) is 15.3 Å². The van der Waals surface area contributed by atoms with E-state index >= 15 is 0 Å². The van der Waals surface area contributed by atoms with Gasteiger partial charge in [-0.05, 0) is 29.8 Å². The number of halogens is 1. The second kappa shape index (κ2) is 5.91. The van der Waals surface area contributed by atoms with E-state index in [0.717, 1.165) is 22.4 Å². The molecule has 0 saturated heterocycles. The first-order valence-electron chi connectivity index (χ1n) is 7.41. The second-order valence-electron chi connectivity index (χ2n) is 5.35. The lowest BCUT2D eigenvalue weighted by molar-refractivity contribution is -0.110. The summed E-state index contributed by atoms with van der Waals surface area (Å²) < 4.78 is 0. The fourth-order valence-electron chi connectivity index (χ4n) is 2.85. The number of carbonyl (C=O) groups excluding carboxylic acids is 1. The largest absolute Gasteiger partial charge is 0.321 e. The molecule has 0 atom stereocenters. The molecule has 0 aliphatic carbocycles. The zero-order valence-corrected chi connectivity index (χ0v) is 13.3. The van der Waals surface area contributed by atoms with Gasteiger partial charge in [-0.1, -0.05) is 41.9 Å². The minimum absolute atomic E-state index is 0.162. The van der Waals surface area contributed by atoms with Crippen molar-refractivity contribution >= 4 is 34.3 Å². The highest BCUT2D eigenvalue weighted by Gasteiger charge is 2.29. The minimum atomic E-state index is -0.162. The Kier molecular flexibility index (Phi) is 3.59. The molecule has 1 aliphatic rings. The number of benzene rings is 2. The van der Waals surface area contributed by atoms with Gasteiger partial charge >= 0.3 is 0 Å². The van der Waals surface area contributed by atoms with Gasteiger partial charge in [-0.2, -0.15) is 0 Å². The number of amides is 1. The summed E-state index contributed by atoms with van der Waals surface area (Å²) in [5.74, 6) is -0.162. The first-order chi connectivity index (χ1) is 11.7. The van der Waals surface area contributed by atoms with Gasteiger partial charge in [0.25, 0.3) is 5.91 Å². The predicted octanol–water partition coefficient (Wildman–Crippen LogP) is 4.04. The molecule has 1 N–H and O–H groups in total. The maximum Gasteiger partial charge on any atom is 0.257 e. The summed E-state index contributed by atoms with van der Waals surface area (Å²) in [7, 11) is 0. The van der Waals surface area contributed by atoms with Crippen LogP contribution in [0.15, 0.2) is 67.1 Å². The first-order valence-corrected chi connectivity index (χ1v) is 7.79. The van der Waals surface area contributed by atoms with E-state index in [1.807, 2.05) is 36.4 Å². The number of anilines is 1. The molecule has 116 valence electrons. The predicted molar refractivity (Wildman–Crippen MR) is 94.5 cm³/mol. The van der Waals surface area contributed by atoms with Crippen molar-refractivity contribution in [3.63, 3.8) is 0 Å². The summed E-state index contributed by atoms with van der Waals surface area (Å²) in [5.41, 5.74) is 4.46. The van der Waals surface area contributed by atoms with Crippen LogP contribution < -0.4 is 5.32 Å². The molecule has 1 aromatic heterocycles. The molecule has 24 heavy (non-hydrogen) atoms. The van der Waals surface area contributed by atoms with Crippen LogP contribution in [0.5, 0.6) is 0 Å². The van der Waals surface area contributed by atoms with E-state index in [9.17, 15) is 4.79 Å². The van der Waals surface area contributed by atoms with Crippen molar-refractivity contribution in [2.24, 2.45) is 0 Å². The lowest BCUT2D eigenvalue weighted by Gasteiger charge is -2.11. The van der Waals surface area contributed by atoms with Crippen molar-refractivity contribution in [2.75, 3.05) is 5.32 Å². The molecular formula is C19H12ClN3O. The van der Waals surface area contributed by atoms with E-state index in [0.29, 0.717) is 16.3 Å². The zero-order chi connectivity index (χ0) is 16.5. The molecule has 2 heterocycles. The molecule has 0 radical (unpaired) electrons. The Morgan fingerprint density at radius 2 is 1.88 bits per heavy atom. The first kappa shape index (κ1) is 14.6. The van der Waals surface area contributed by atoms with Crippen LogP contribution in [0.25, 0.3) is 11.1 Å². The quantitative estimate of drug-likeness (QED) is 0.720. The van der Waals surface area contributed by atoms with Gasteiger partial charge in [0, 0.05) is 28.0 Å². The number of hydrogen-bond donors (Lipinski definition) is 1. The summed E-state index contributed by atoms with van der Waals surface area (Å²) in [6.45, 7) is 0. The lowest BCUT2D eigenvalue weighted by atomic mass is 9.93. The number of fused-ring (bicyclic) bond motifs is 1. The molecule has 4 rings (SSSR count). The molecule has 1 aliphatic heterocycles. The van der Waals surface area contributed by atoms with Gasteiger partial charge in [0.2, 0.25) is 0 Å². The van der Waals surface area contributed by atoms with Gasteiger partial charge in [-0.25, -0.2) is 9.97 Å². The molecule has 0 spiro atoms. The molecule has 2 aromatic carbocycles. The van der Waals surface area contributed by atoms with Crippen molar-refractivity contribution < 1.29 is 4.79 Å². The Hall–Kier alpha value is -2.98. The Morgan fingerprint density at radius 3 is 2.62 bits per heavy atom. The van der Waals surface area contributed by atoms with Crippen molar-refractivity contribution in [2.45, 2.75) is 0 Å². The topological polar surface area (TPSA) is 54.9 Å². The number of hydrogen-bond acceptors (Lipinski definition) is 3. The average Bonchev–Trinajstić information content (AvgIpc) is 2.93. The van der Waals surface area contributed by atoms with Crippen LogP contribution in [0, 0.1) is 0 Å². The van der Waals surface area contributed by atoms with Gasteiger partial charge in [0.05, 0.1) is 11.3 Å². The van der Waals surface area contributed by atoms with Crippen LogP contribution >= 0.6 is 11.6 Å². The van der Waals surface area contributed by atoms with Crippen molar-refractivity contribution in [3.8, 4) is 0 Å². The number of nitrogens with zero attached hydrogens (tertiary/aromatic N) is 2. The molecule has 5 heteroatoms. The Balaban J connectivity index is 2.06. The summed E-state index contributed by atoms with van der Waals surface area (Å²) in [6, 6.07) is 16.9. The number of rotatable bonds is 2. The zero-order valence-electron chi connectivity index (χ0n) is 12.5. The highest BCUT2D eigenvalue weighted by atomic mass is 35.5. The molecule has 4 nitrogen and oxygen atoms in total. The molecule has 0 fully saturated rings. The van der Waals surface area contributed by atoms with Crippen LogP contribution in [0.3, 0.4) is 0 Å². The van der Waals surface area contributed by atoms with Gasteiger partial charge < -0.3 is 5.32 Å². The minimum Gasteiger partial charge on any atom is -0.321 e. The van der Waals surface area contributed by atoms with Gasteiger partial charge in [-0.3, -0.25) is 4.79 Å². The van der Waals surface area contributed by atoms with E-state index in [1.54, 1.807) is 24.4 Å². The third-order valence-electron chi connectivity index (χ3n) is 3.88. The van der Waals surface area contributed by atoms with Crippen LogP contribution in [0.1, 0.15) is 16.8 Å². The van der Waals surface area contributed by atoms with Crippen LogP contribution in [0.4, 0.5) is 5.69 Å². The maximum atomic E-state index is 12.7. The van der Waals surface area contributed by atoms with Crippen molar-refractivity contribution in [1.82, 2.24) is 9.97 Å². The number of carbonyl (C=O) groups is 1. The van der Waals surface area contributed by atoms with E-state index in [4.69, 9.17) is 11.6 Å². The van der Waals surface area contributed by atoms with Crippen LogP contribution in [-0.2, 0) is 4.79 Å². The van der Waals surface area contributed by atoms with E-state index in [1.165, 1.54) is 6.33 Å². The third-order valence-corrected chi connectivity index (χ3v) is 4.11. The van der Waals surface area contributed by atoms with Gasteiger partial charge in [0.15, 0.2) is 0 Å².